The van der Waals surface area contributed by atoms with Crippen LogP contribution in [-0.2, 0) is 4.74 Å². The van der Waals surface area contributed by atoms with E-state index < -0.39 is 0 Å². The van der Waals surface area contributed by atoms with Gasteiger partial charge in [0.05, 0.1) is 25.8 Å². The Labute approximate surface area is 175 Å². The molecule has 0 bridgehead atoms. The normalized spacial score (nSPS) is 14.1. The van der Waals surface area contributed by atoms with Gasteiger partial charge in [0, 0.05) is 36.4 Å². The first-order chi connectivity index (χ1) is 14.8. The SMILES string of the molecule is COc1cccc(-c2ccc3nc(-c4cccnc4)nc(N4CCOCC4)c3c2)c1. The quantitative estimate of drug-likeness (QED) is 0.513. The summed E-state index contributed by atoms with van der Waals surface area (Å²) in [4.78, 5) is 16.3. The molecule has 30 heavy (non-hydrogen) atoms. The van der Waals surface area contributed by atoms with Crippen molar-refractivity contribution in [3.05, 3.63) is 67.0 Å². The van der Waals surface area contributed by atoms with Gasteiger partial charge >= 0.3 is 0 Å². The fraction of sp³-hybridized carbons (Fsp3) is 0.208. The maximum atomic E-state index is 5.56. The zero-order chi connectivity index (χ0) is 20.3. The average molecular weight is 398 g/mol. The van der Waals surface area contributed by atoms with Crippen molar-refractivity contribution in [2.45, 2.75) is 0 Å². The summed E-state index contributed by atoms with van der Waals surface area (Å²) in [6.07, 6.45) is 3.56. The van der Waals surface area contributed by atoms with Crippen LogP contribution in [0.4, 0.5) is 5.82 Å². The largest absolute Gasteiger partial charge is 0.497 e. The Kier molecular flexibility index (Phi) is 4.99. The summed E-state index contributed by atoms with van der Waals surface area (Å²) in [6, 6.07) is 18.3. The second-order valence-electron chi connectivity index (χ2n) is 7.18. The van der Waals surface area contributed by atoms with Crippen LogP contribution in [0.15, 0.2) is 67.0 Å². The first kappa shape index (κ1) is 18.5. The second-order valence-corrected chi connectivity index (χ2v) is 7.18. The molecule has 1 aliphatic heterocycles. The van der Waals surface area contributed by atoms with Crippen molar-refractivity contribution in [1.29, 1.82) is 0 Å². The predicted octanol–water partition coefficient (Wildman–Crippen LogP) is 4.20. The molecule has 6 heteroatoms. The summed E-state index contributed by atoms with van der Waals surface area (Å²) >= 11 is 0. The van der Waals surface area contributed by atoms with E-state index in [0.717, 1.165) is 52.3 Å². The molecule has 0 unspecified atom stereocenters. The summed E-state index contributed by atoms with van der Waals surface area (Å²) in [5.41, 5.74) is 4.02. The van der Waals surface area contributed by atoms with Crippen molar-refractivity contribution in [3.63, 3.8) is 0 Å². The van der Waals surface area contributed by atoms with Crippen molar-refractivity contribution < 1.29 is 9.47 Å². The topological polar surface area (TPSA) is 60.4 Å². The number of hydrogen-bond donors (Lipinski definition) is 0. The van der Waals surface area contributed by atoms with E-state index in [1.807, 2.05) is 30.3 Å². The fourth-order valence-corrected chi connectivity index (χ4v) is 3.73. The molecule has 1 aliphatic rings. The molecule has 0 radical (unpaired) electrons. The number of nitrogens with zero attached hydrogens (tertiary/aromatic N) is 4. The van der Waals surface area contributed by atoms with Crippen molar-refractivity contribution in [3.8, 4) is 28.3 Å². The summed E-state index contributed by atoms with van der Waals surface area (Å²) in [5.74, 6) is 2.46. The zero-order valence-electron chi connectivity index (χ0n) is 16.8. The van der Waals surface area contributed by atoms with E-state index in [0.29, 0.717) is 19.0 Å². The highest BCUT2D eigenvalue weighted by Gasteiger charge is 2.18. The van der Waals surface area contributed by atoms with Gasteiger partial charge in [-0.05, 0) is 47.5 Å². The van der Waals surface area contributed by atoms with Crippen LogP contribution < -0.4 is 9.64 Å². The van der Waals surface area contributed by atoms with Crippen molar-refractivity contribution >= 4 is 16.7 Å². The lowest BCUT2D eigenvalue weighted by atomic mass is 10.0. The fourth-order valence-electron chi connectivity index (χ4n) is 3.73. The minimum atomic E-state index is 0.686. The lowest BCUT2D eigenvalue weighted by Gasteiger charge is -2.29. The number of hydrogen-bond acceptors (Lipinski definition) is 6. The first-order valence-corrected chi connectivity index (χ1v) is 10.0. The molecule has 0 atom stereocenters. The molecule has 4 aromatic rings. The van der Waals surface area contributed by atoms with Gasteiger partial charge in [-0.15, -0.1) is 0 Å². The Morgan fingerprint density at radius 3 is 2.53 bits per heavy atom. The van der Waals surface area contributed by atoms with Crippen LogP contribution in [0.1, 0.15) is 0 Å². The van der Waals surface area contributed by atoms with Gasteiger partial charge in [-0.2, -0.15) is 0 Å². The van der Waals surface area contributed by atoms with Crippen LogP contribution in [-0.4, -0.2) is 48.4 Å². The molecule has 2 aromatic carbocycles. The summed E-state index contributed by atoms with van der Waals surface area (Å²) in [6.45, 7) is 3.01. The van der Waals surface area contributed by atoms with Gasteiger partial charge in [-0.25, -0.2) is 9.97 Å². The maximum Gasteiger partial charge on any atom is 0.163 e. The van der Waals surface area contributed by atoms with Gasteiger partial charge < -0.3 is 14.4 Å². The third kappa shape index (κ3) is 3.57. The monoisotopic (exact) mass is 398 g/mol. The molecule has 1 fully saturated rings. The first-order valence-electron chi connectivity index (χ1n) is 10.0. The number of aromatic nitrogens is 3. The second kappa shape index (κ2) is 8.08. The van der Waals surface area contributed by atoms with E-state index in [1.165, 1.54) is 0 Å². The number of anilines is 1. The van der Waals surface area contributed by atoms with E-state index in [9.17, 15) is 0 Å². The molecule has 5 rings (SSSR count). The highest BCUT2D eigenvalue weighted by atomic mass is 16.5. The smallest absolute Gasteiger partial charge is 0.163 e. The number of pyridine rings is 1. The van der Waals surface area contributed by atoms with Gasteiger partial charge in [-0.1, -0.05) is 18.2 Å². The minimum Gasteiger partial charge on any atom is -0.497 e. The number of morpholine rings is 1. The summed E-state index contributed by atoms with van der Waals surface area (Å²) in [5, 5.41) is 1.03. The molecule has 0 amide bonds. The Hall–Kier alpha value is -3.51. The molecule has 2 aromatic heterocycles. The molecule has 0 saturated carbocycles. The molecule has 0 aliphatic carbocycles. The third-order valence-electron chi connectivity index (χ3n) is 5.31. The molecular formula is C24H22N4O2. The van der Waals surface area contributed by atoms with E-state index in [4.69, 9.17) is 19.4 Å². The predicted molar refractivity (Wildman–Crippen MR) is 118 cm³/mol. The highest BCUT2D eigenvalue weighted by Crippen LogP contribution is 2.32. The maximum absolute atomic E-state index is 5.56. The molecule has 1 saturated heterocycles. The number of benzene rings is 2. The summed E-state index contributed by atoms with van der Waals surface area (Å²) < 4.78 is 11.0. The Morgan fingerprint density at radius 2 is 1.73 bits per heavy atom. The Balaban J connectivity index is 1.68. The van der Waals surface area contributed by atoms with Gasteiger partial charge in [-0.3, -0.25) is 4.98 Å². The van der Waals surface area contributed by atoms with Gasteiger partial charge in [0.15, 0.2) is 5.82 Å². The highest BCUT2D eigenvalue weighted by molar-refractivity contribution is 5.94. The number of ether oxygens (including phenoxy) is 2. The van der Waals surface area contributed by atoms with E-state index in [2.05, 4.69) is 34.1 Å². The van der Waals surface area contributed by atoms with Crippen LogP contribution in [0.5, 0.6) is 5.75 Å². The molecule has 6 nitrogen and oxygen atoms in total. The van der Waals surface area contributed by atoms with Crippen molar-refractivity contribution in [2.75, 3.05) is 38.3 Å². The van der Waals surface area contributed by atoms with E-state index >= 15 is 0 Å². The zero-order valence-corrected chi connectivity index (χ0v) is 16.8. The Bertz CT molecular complexity index is 1170. The minimum absolute atomic E-state index is 0.686. The van der Waals surface area contributed by atoms with E-state index in [-0.39, 0.29) is 0 Å². The molecule has 150 valence electrons. The number of rotatable bonds is 4. The molecular weight excluding hydrogens is 376 g/mol. The number of fused-ring (bicyclic) bond motifs is 1. The molecule has 3 heterocycles. The average Bonchev–Trinajstić information content (AvgIpc) is 2.84. The van der Waals surface area contributed by atoms with Crippen LogP contribution in [0, 0.1) is 0 Å². The van der Waals surface area contributed by atoms with Crippen molar-refractivity contribution in [1.82, 2.24) is 15.0 Å². The Morgan fingerprint density at radius 1 is 0.900 bits per heavy atom. The lowest BCUT2D eigenvalue weighted by Crippen LogP contribution is -2.37. The summed E-state index contributed by atoms with van der Waals surface area (Å²) in [7, 11) is 1.68. The standard InChI is InChI=1S/C24H22N4O2/c1-29-20-6-2-4-17(14-20)18-7-8-22-21(15-18)24(28-10-12-30-13-11-28)27-23(26-22)19-5-3-9-25-16-19/h2-9,14-16H,10-13H2,1H3. The van der Waals surface area contributed by atoms with E-state index in [1.54, 1.807) is 19.5 Å². The lowest BCUT2D eigenvalue weighted by molar-refractivity contribution is 0.122. The van der Waals surface area contributed by atoms with Crippen molar-refractivity contribution in [2.24, 2.45) is 0 Å². The van der Waals surface area contributed by atoms with Crippen LogP contribution >= 0.6 is 0 Å². The van der Waals surface area contributed by atoms with Gasteiger partial charge in [0.1, 0.15) is 11.6 Å². The number of methoxy groups -OCH3 is 1. The van der Waals surface area contributed by atoms with Gasteiger partial charge in [0.25, 0.3) is 0 Å². The third-order valence-corrected chi connectivity index (χ3v) is 5.31. The molecule has 0 N–H and O–H groups in total. The van der Waals surface area contributed by atoms with Crippen LogP contribution in [0.2, 0.25) is 0 Å². The van der Waals surface area contributed by atoms with Gasteiger partial charge in [0.2, 0.25) is 0 Å². The van der Waals surface area contributed by atoms with Crippen LogP contribution in [0.25, 0.3) is 33.4 Å². The van der Waals surface area contributed by atoms with Crippen LogP contribution in [0.3, 0.4) is 0 Å². The molecule has 0 spiro atoms.